The molecule has 154 valence electrons. The maximum Gasteiger partial charge on any atom is 0.251 e. The van der Waals surface area contributed by atoms with E-state index in [-0.39, 0.29) is 18.4 Å². The van der Waals surface area contributed by atoms with E-state index in [0.717, 1.165) is 31.1 Å². The molecule has 29 heavy (non-hydrogen) atoms. The SMILES string of the molecule is COc1cccc(C(=O)NCC(=O)N2CCCN(Cc3ccc(Cl)cc3)CC2)c1. The third kappa shape index (κ3) is 6.21. The Morgan fingerprint density at radius 3 is 2.62 bits per heavy atom. The Morgan fingerprint density at radius 2 is 1.86 bits per heavy atom. The van der Waals surface area contributed by atoms with Gasteiger partial charge in [0.2, 0.25) is 5.91 Å². The quantitative estimate of drug-likeness (QED) is 0.788. The fourth-order valence-electron chi connectivity index (χ4n) is 3.36. The second-order valence-electron chi connectivity index (χ2n) is 7.05. The van der Waals surface area contributed by atoms with E-state index in [2.05, 4.69) is 10.2 Å². The molecule has 2 aromatic carbocycles. The first-order chi connectivity index (χ1) is 14.0. The lowest BCUT2D eigenvalue weighted by Gasteiger charge is -2.22. The van der Waals surface area contributed by atoms with E-state index >= 15 is 0 Å². The van der Waals surface area contributed by atoms with Crippen LogP contribution in [0.5, 0.6) is 5.75 Å². The third-order valence-corrected chi connectivity index (χ3v) is 5.24. The van der Waals surface area contributed by atoms with Gasteiger partial charge in [-0.1, -0.05) is 29.8 Å². The lowest BCUT2D eigenvalue weighted by atomic mass is 10.2. The van der Waals surface area contributed by atoms with Crippen molar-refractivity contribution in [3.63, 3.8) is 0 Å². The fraction of sp³-hybridized carbons (Fsp3) is 0.364. The summed E-state index contributed by atoms with van der Waals surface area (Å²) in [6.45, 7) is 3.92. The number of amides is 2. The molecule has 6 nitrogen and oxygen atoms in total. The standard InChI is InChI=1S/C22H26ClN3O3/c1-29-20-5-2-4-18(14-20)22(28)24-15-21(27)26-11-3-10-25(12-13-26)16-17-6-8-19(23)9-7-17/h2,4-9,14H,3,10-13,15-16H2,1H3,(H,24,28). The van der Waals surface area contributed by atoms with E-state index in [1.807, 2.05) is 29.2 Å². The van der Waals surface area contributed by atoms with Gasteiger partial charge >= 0.3 is 0 Å². The van der Waals surface area contributed by atoms with Gasteiger partial charge in [-0.25, -0.2) is 0 Å². The fourth-order valence-corrected chi connectivity index (χ4v) is 3.49. The average molecular weight is 416 g/mol. The molecule has 0 unspecified atom stereocenters. The molecule has 1 heterocycles. The third-order valence-electron chi connectivity index (χ3n) is 4.99. The molecule has 0 atom stereocenters. The summed E-state index contributed by atoms with van der Waals surface area (Å²) in [5.74, 6) is 0.267. The van der Waals surface area contributed by atoms with Crippen molar-refractivity contribution in [3.05, 3.63) is 64.7 Å². The molecule has 7 heteroatoms. The van der Waals surface area contributed by atoms with Gasteiger partial charge in [0.25, 0.3) is 5.91 Å². The summed E-state index contributed by atoms with van der Waals surface area (Å²) in [7, 11) is 1.55. The maximum atomic E-state index is 12.6. The van der Waals surface area contributed by atoms with Crippen molar-refractivity contribution in [3.8, 4) is 5.75 Å². The number of nitrogens with one attached hydrogen (secondary N) is 1. The minimum absolute atomic E-state index is 0.00672. The number of hydrogen-bond donors (Lipinski definition) is 1. The van der Waals surface area contributed by atoms with E-state index < -0.39 is 0 Å². The summed E-state index contributed by atoms with van der Waals surface area (Å²) in [5.41, 5.74) is 1.68. The zero-order valence-electron chi connectivity index (χ0n) is 16.6. The Hall–Kier alpha value is -2.57. The highest BCUT2D eigenvalue weighted by atomic mass is 35.5. The molecule has 1 N–H and O–H groups in total. The van der Waals surface area contributed by atoms with Crippen LogP contribution < -0.4 is 10.1 Å². The zero-order valence-corrected chi connectivity index (χ0v) is 17.3. The number of hydrogen-bond acceptors (Lipinski definition) is 4. The molecule has 0 bridgehead atoms. The highest BCUT2D eigenvalue weighted by Crippen LogP contribution is 2.14. The summed E-state index contributed by atoms with van der Waals surface area (Å²) in [5, 5.41) is 3.45. The molecular weight excluding hydrogens is 390 g/mol. The molecule has 0 spiro atoms. The number of carbonyl (C=O) groups is 2. The molecular formula is C22H26ClN3O3. The average Bonchev–Trinajstić information content (AvgIpc) is 2.99. The minimum atomic E-state index is -0.281. The highest BCUT2D eigenvalue weighted by molar-refractivity contribution is 6.30. The summed E-state index contributed by atoms with van der Waals surface area (Å²) in [6, 6.07) is 14.7. The van der Waals surface area contributed by atoms with Crippen LogP contribution in [0.1, 0.15) is 22.3 Å². The number of methoxy groups -OCH3 is 1. The molecule has 0 radical (unpaired) electrons. The van der Waals surface area contributed by atoms with E-state index in [4.69, 9.17) is 16.3 Å². The van der Waals surface area contributed by atoms with Gasteiger partial charge in [0.15, 0.2) is 0 Å². The topological polar surface area (TPSA) is 61.9 Å². The van der Waals surface area contributed by atoms with E-state index in [9.17, 15) is 9.59 Å². The first kappa shape index (κ1) is 21.1. The Labute approximate surface area is 176 Å². The first-order valence-electron chi connectivity index (χ1n) is 9.72. The zero-order chi connectivity index (χ0) is 20.6. The highest BCUT2D eigenvalue weighted by Gasteiger charge is 2.20. The lowest BCUT2D eigenvalue weighted by Crippen LogP contribution is -2.42. The van der Waals surface area contributed by atoms with Crippen molar-refractivity contribution in [1.29, 1.82) is 0 Å². The Kier molecular flexibility index (Phi) is 7.49. The Balaban J connectivity index is 1.47. The number of carbonyl (C=O) groups excluding carboxylic acids is 2. The normalized spacial score (nSPS) is 14.9. The van der Waals surface area contributed by atoms with Crippen LogP contribution in [0.4, 0.5) is 0 Å². The predicted octanol–water partition coefficient (Wildman–Crippen LogP) is 2.81. The van der Waals surface area contributed by atoms with Gasteiger partial charge in [0, 0.05) is 43.3 Å². The largest absolute Gasteiger partial charge is 0.497 e. The number of rotatable bonds is 6. The Morgan fingerprint density at radius 1 is 1.07 bits per heavy atom. The van der Waals surface area contributed by atoms with Crippen LogP contribution in [-0.4, -0.2) is 61.4 Å². The van der Waals surface area contributed by atoms with Gasteiger partial charge < -0.3 is 15.0 Å². The second-order valence-corrected chi connectivity index (χ2v) is 7.49. The van der Waals surface area contributed by atoms with Crippen LogP contribution in [0.15, 0.2) is 48.5 Å². The summed E-state index contributed by atoms with van der Waals surface area (Å²) < 4.78 is 5.13. The van der Waals surface area contributed by atoms with Gasteiger partial charge in [0.05, 0.1) is 13.7 Å². The van der Waals surface area contributed by atoms with Crippen molar-refractivity contribution < 1.29 is 14.3 Å². The molecule has 1 saturated heterocycles. The second kappa shape index (κ2) is 10.3. The van der Waals surface area contributed by atoms with Gasteiger partial charge in [-0.2, -0.15) is 0 Å². The van der Waals surface area contributed by atoms with Gasteiger partial charge in [0.1, 0.15) is 5.75 Å². The van der Waals surface area contributed by atoms with E-state index in [0.29, 0.717) is 24.4 Å². The van der Waals surface area contributed by atoms with Crippen molar-refractivity contribution in [2.75, 3.05) is 39.8 Å². The van der Waals surface area contributed by atoms with Gasteiger partial charge in [-0.3, -0.25) is 14.5 Å². The van der Waals surface area contributed by atoms with Crippen molar-refractivity contribution >= 4 is 23.4 Å². The van der Waals surface area contributed by atoms with Crippen LogP contribution in [0.25, 0.3) is 0 Å². The van der Waals surface area contributed by atoms with Crippen molar-refractivity contribution in [1.82, 2.24) is 15.1 Å². The molecule has 1 aliphatic rings. The maximum absolute atomic E-state index is 12.6. The molecule has 0 aliphatic carbocycles. The number of benzene rings is 2. The number of nitrogens with zero attached hydrogens (tertiary/aromatic N) is 2. The molecule has 3 rings (SSSR count). The smallest absolute Gasteiger partial charge is 0.251 e. The molecule has 2 amide bonds. The van der Waals surface area contributed by atoms with Gasteiger partial charge in [-0.15, -0.1) is 0 Å². The van der Waals surface area contributed by atoms with Crippen LogP contribution >= 0.6 is 11.6 Å². The monoisotopic (exact) mass is 415 g/mol. The minimum Gasteiger partial charge on any atom is -0.497 e. The molecule has 0 aromatic heterocycles. The summed E-state index contributed by atoms with van der Waals surface area (Å²) in [6.07, 6.45) is 0.906. The van der Waals surface area contributed by atoms with E-state index in [1.165, 1.54) is 5.56 Å². The van der Waals surface area contributed by atoms with Crippen LogP contribution in [0.3, 0.4) is 0 Å². The van der Waals surface area contributed by atoms with Crippen molar-refractivity contribution in [2.24, 2.45) is 0 Å². The first-order valence-corrected chi connectivity index (χ1v) is 10.1. The van der Waals surface area contributed by atoms with Crippen LogP contribution in [-0.2, 0) is 11.3 Å². The van der Waals surface area contributed by atoms with Crippen LogP contribution in [0, 0.1) is 0 Å². The van der Waals surface area contributed by atoms with E-state index in [1.54, 1.807) is 31.4 Å². The Bertz CT molecular complexity index is 841. The number of halogens is 1. The predicted molar refractivity (Wildman–Crippen MR) is 113 cm³/mol. The van der Waals surface area contributed by atoms with Gasteiger partial charge in [-0.05, 0) is 42.3 Å². The number of ether oxygens (including phenoxy) is 1. The summed E-state index contributed by atoms with van der Waals surface area (Å²) >= 11 is 5.95. The van der Waals surface area contributed by atoms with Crippen molar-refractivity contribution in [2.45, 2.75) is 13.0 Å². The summed E-state index contributed by atoms with van der Waals surface area (Å²) in [4.78, 5) is 29.0. The lowest BCUT2D eigenvalue weighted by molar-refractivity contribution is -0.130. The molecule has 0 saturated carbocycles. The molecule has 2 aromatic rings. The molecule has 1 aliphatic heterocycles. The molecule has 1 fully saturated rings. The van der Waals surface area contributed by atoms with Crippen LogP contribution in [0.2, 0.25) is 5.02 Å².